The number of hydrogen-bond donors (Lipinski definition) is 3. The molecule has 0 unspecified atom stereocenters. The summed E-state index contributed by atoms with van der Waals surface area (Å²) in [7, 11) is 5.23. The highest BCUT2D eigenvalue weighted by Crippen LogP contribution is 2.10. The van der Waals surface area contributed by atoms with E-state index in [0.717, 1.165) is 50.4 Å². The third kappa shape index (κ3) is 7.67. The lowest BCUT2D eigenvalue weighted by Gasteiger charge is -2.33. The fourth-order valence-electron chi connectivity index (χ4n) is 3.39. The Balaban J connectivity index is 1.84. The topological polar surface area (TPSA) is 89.1 Å². The molecule has 0 aliphatic carbocycles. The zero-order valence-electron chi connectivity index (χ0n) is 18.7. The molecule has 0 saturated carbocycles. The Morgan fingerprint density at radius 1 is 1.23 bits per heavy atom. The molecule has 1 aliphatic heterocycles. The van der Waals surface area contributed by atoms with Crippen LogP contribution in [0.25, 0.3) is 0 Å². The van der Waals surface area contributed by atoms with Crippen LogP contribution in [0, 0.1) is 0 Å². The summed E-state index contributed by atoms with van der Waals surface area (Å²) in [4.78, 5) is 32.2. The molecule has 1 saturated heterocycles. The monoisotopic (exact) mass is 416 g/mol. The number of hydrogen-bond acceptors (Lipinski definition) is 4. The molecule has 0 bridgehead atoms. The van der Waals surface area contributed by atoms with Gasteiger partial charge in [-0.2, -0.15) is 0 Å². The fraction of sp³-hybridized carbons (Fsp3) is 0.591. The Morgan fingerprint density at radius 3 is 2.60 bits per heavy atom. The molecule has 3 N–H and O–H groups in total. The maximum Gasteiger partial charge on any atom is 0.251 e. The van der Waals surface area contributed by atoms with E-state index in [4.69, 9.17) is 4.99 Å². The molecule has 8 heteroatoms. The highest BCUT2D eigenvalue weighted by atomic mass is 16.2. The van der Waals surface area contributed by atoms with Gasteiger partial charge in [-0.15, -0.1) is 0 Å². The van der Waals surface area contributed by atoms with Gasteiger partial charge in [-0.3, -0.25) is 19.5 Å². The summed E-state index contributed by atoms with van der Waals surface area (Å²) < 4.78 is 0. The van der Waals surface area contributed by atoms with E-state index in [2.05, 4.69) is 27.8 Å². The third-order valence-corrected chi connectivity index (χ3v) is 5.22. The maximum atomic E-state index is 11.9. The van der Waals surface area contributed by atoms with Crippen molar-refractivity contribution in [2.45, 2.75) is 32.2 Å². The highest BCUT2D eigenvalue weighted by molar-refractivity contribution is 5.94. The molecule has 30 heavy (non-hydrogen) atoms. The number of likely N-dealkylation sites (tertiary alicyclic amines) is 1. The van der Waals surface area contributed by atoms with Gasteiger partial charge in [-0.25, -0.2) is 0 Å². The minimum Gasteiger partial charge on any atom is -0.357 e. The average molecular weight is 417 g/mol. The summed E-state index contributed by atoms with van der Waals surface area (Å²) in [5.74, 6) is 0.897. The van der Waals surface area contributed by atoms with E-state index in [1.54, 1.807) is 26.0 Å². The second kappa shape index (κ2) is 12.2. The minimum absolute atomic E-state index is 0.0750. The van der Waals surface area contributed by atoms with Gasteiger partial charge in [0.1, 0.15) is 0 Å². The summed E-state index contributed by atoms with van der Waals surface area (Å²) in [6.45, 7) is 5.80. The number of carbonyl (C=O) groups is 2. The molecule has 0 spiro atoms. The lowest BCUT2D eigenvalue weighted by molar-refractivity contribution is -0.130. The van der Waals surface area contributed by atoms with Crippen molar-refractivity contribution in [3.63, 3.8) is 0 Å². The lowest BCUT2D eigenvalue weighted by Crippen LogP contribution is -2.50. The summed E-state index contributed by atoms with van der Waals surface area (Å²) in [5, 5.41) is 9.50. The Morgan fingerprint density at radius 2 is 1.97 bits per heavy atom. The van der Waals surface area contributed by atoms with Gasteiger partial charge in [0.25, 0.3) is 5.91 Å². The number of piperidine rings is 1. The van der Waals surface area contributed by atoms with E-state index in [1.807, 2.05) is 24.3 Å². The summed E-state index contributed by atoms with van der Waals surface area (Å²) in [6, 6.07) is 8.01. The zero-order valence-corrected chi connectivity index (χ0v) is 18.7. The number of carbonyl (C=O) groups excluding carboxylic acids is 2. The largest absolute Gasteiger partial charge is 0.357 e. The average Bonchev–Trinajstić information content (AvgIpc) is 2.74. The molecule has 166 valence electrons. The van der Waals surface area contributed by atoms with Crippen molar-refractivity contribution in [1.29, 1.82) is 0 Å². The molecular formula is C22H36N6O2. The summed E-state index contributed by atoms with van der Waals surface area (Å²) >= 11 is 0. The number of guanidine groups is 1. The van der Waals surface area contributed by atoms with Crippen LogP contribution in [-0.4, -0.2) is 87.5 Å². The van der Waals surface area contributed by atoms with Crippen molar-refractivity contribution in [3.05, 3.63) is 35.4 Å². The van der Waals surface area contributed by atoms with Crippen LogP contribution in [-0.2, 0) is 11.2 Å². The molecule has 1 heterocycles. The van der Waals surface area contributed by atoms with Gasteiger partial charge in [0.2, 0.25) is 5.91 Å². The summed E-state index contributed by atoms with van der Waals surface area (Å²) in [5.41, 5.74) is 1.76. The number of nitrogens with zero attached hydrogens (tertiary/aromatic N) is 3. The molecular weight excluding hydrogens is 380 g/mol. The second-order valence-corrected chi connectivity index (χ2v) is 7.77. The summed E-state index contributed by atoms with van der Waals surface area (Å²) in [6.07, 6.45) is 2.74. The van der Waals surface area contributed by atoms with Gasteiger partial charge in [0, 0.05) is 58.9 Å². The first-order chi connectivity index (χ1) is 14.4. The van der Waals surface area contributed by atoms with Crippen molar-refractivity contribution in [2.75, 3.05) is 53.9 Å². The number of aliphatic imine (C=N–C) groups is 1. The van der Waals surface area contributed by atoms with Gasteiger partial charge in [-0.05, 0) is 43.9 Å². The second-order valence-electron chi connectivity index (χ2n) is 7.77. The third-order valence-electron chi connectivity index (χ3n) is 5.22. The quantitative estimate of drug-likeness (QED) is 0.429. The predicted molar refractivity (Wildman–Crippen MR) is 121 cm³/mol. The number of rotatable bonds is 8. The Kier molecular flexibility index (Phi) is 9.60. The fourth-order valence-corrected chi connectivity index (χ4v) is 3.39. The minimum atomic E-state index is -0.0750. The molecule has 1 fully saturated rings. The van der Waals surface area contributed by atoms with E-state index >= 15 is 0 Å². The van der Waals surface area contributed by atoms with Crippen molar-refractivity contribution in [3.8, 4) is 0 Å². The first-order valence-electron chi connectivity index (χ1n) is 10.7. The molecule has 2 amide bonds. The zero-order chi connectivity index (χ0) is 21.9. The van der Waals surface area contributed by atoms with Gasteiger partial charge in [0.05, 0.1) is 6.54 Å². The van der Waals surface area contributed by atoms with Gasteiger partial charge >= 0.3 is 0 Å². The molecule has 0 aromatic heterocycles. The van der Waals surface area contributed by atoms with Crippen LogP contribution in [0.3, 0.4) is 0 Å². The van der Waals surface area contributed by atoms with Gasteiger partial charge in [0.15, 0.2) is 5.96 Å². The molecule has 1 aliphatic rings. The van der Waals surface area contributed by atoms with E-state index < -0.39 is 0 Å². The van der Waals surface area contributed by atoms with Crippen molar-refractivity contribution in [1.82, 2.24) is 25.8 Å². The van der Waals surface area contributed by atoms with Crippen LogP contribution in [0.4, 0.5) is 0 Å². The first kappa shape index (κ1) is 23.7. The van der Waals surface area contributed by atoms with Gasteiger partial charge < -0.3 is 20.9 Å². The Labute approximate surface area is 180 Å². The highest BCUT2D eigenvalue weighted by Gasteiger charge is 2.22. The van der Waals surface area contributed by atoms with E-state index in [9.17, 15) is 9.59 Å². The predicted octanol–water partition coefficient (Wildman–Crippen LogP) is 0.696. The van der Waals surface area contributed by atoms with Crippen LogP contribution in [0.1, 0.15) is 35.7 Å². The van der Waals surface area contributed by atoms with Crippen LogP contribution < -0.4 is 16.0 Å². The standard InChI is InChI=1S/C22H36N6O2/c1-5-24-22(25-12-9-17-7-6-8-18(15-17)21(30)23-2)26-19-10-13-28(14-11-19)16-20(29)27(3)4/h6-8,15,19H,5,9-14,16H2,1-4H3,(H,23,30)(H2,24,25,26). The van der Waals surface area contributed by atoms with Crippen molar-refractivity contribution < 1.29 is 9.59 Å². The maximum absolute atomic E-state index is 11.9. The SMILES string of the molecule is CCNC(=NCCc1cccc(C(=O)NC)c1)NC1CCN(CC(=O)N(C)C)CC1. The van der Waals surface area contributed by atoms with Crippen molar-refractivity contribution in [2.24, 2.45) is 4.99 Å². The number of benzene rings is 1. The van der Waals surface area contributed by atoms with Crippen LogP contribution in [0.5, 0.6) is 0 Å². The smallest absolute Gasteiger partial charge is 0.251 e. The number of likely N-dealkylation sites (N-methyl/N-ethyl adjacent to an activating group) is 1. The van der Waals surface area contributed by atoms with E-state index in [-0.39, 0.29) is 11.8 Å². The number of nitrogens with one attached hydrogen (secondary N) is 3. The first-order valence-corrected chi connectivity index (χ1v) is 10.7. The van der Waals surface area contributed by atoms with Crippen molar-refractivity contribution >= 4 is 17.8 Å². The van der Waals surface area contributed by atoms with Crippen LogP contribution in [0.15, 0.2) is 29.3 Å². The Bertz CT molecular complexity index is 726. The van der Waals surface area contributed by atoms with Gasteiger partial charge in [-0.1, -0.05) is 12.1 Å². The molecule has 8 nitrogen and oxygen atoms in total. The lowest BCUT2D eigenvalue weighted by atomic mass is 10.1. The number of amides is 2. The van der Waals surface area contributed by atoms with Crippen LogP contribution >= 0.6 is 0 Å². The molecule has 0 atom stereocenters. The van der Waals surface area contributed by atoms with Crippen LogP contribution in [0.2, 0.25) is 0 Å². The molecule has 1 aromatic rings. The Hall–Kier alpha value is -2.61. The molecule has 2 rings (SSSR count). The molecule has 0 radical (unpaired) electrons. The van der Waals surface area contributed by atoms with E-state index in [0.29, 0.717) is 24.7 Å². The van der Waals surface area contributed by atoms with E-state index in [1.165, 1.54) is 0 Å². The normalized spacial score (nSPS) is 15.5. The molecule has 1 aromatic carbocycles.